The number of hydrogen-bond donors (Lipinski definition) is 1. The van der Waals surface area contributed by atoms with Crippen LogP contribution in [-0.2, 0) is 15.4 Å². The van der Waals surface area contributed by atoms with Crippen molar-refractivity contribution in [2.24, 2.45) is 0 Å². The summed E-state index contributed by atoms with van der Waals surface area (Å²) in [6.45, 7) is 2.14. The molecule has 9 heteroatoms. The maximum Gasteiger partial charge on any atom is 0.322 e. The van der Waals surface area contributed by atoms with Crippen molar-refractivity contribution >= 4 is 33.2 Å². The first-order chi connectivity index (χ1) is 15.7. The van der Waals surface area contributed by atoms with Crippen LogP contribution >= 0.6 is 11.6 Å². The third-order valence-electron chi connectivity index (χ3n) is 5.63. The van der Waals surface area contributed by atoms with Crippen molar-refractivity contribution in [3.05, 3.63) is 83.1 Å². The molecule has 4 rings (SSSR count). The molecule has 0 unspecified atom stereocenters. The first kappa shape index (κ1) is 23.1. The van der Waals surface area contributed by atoms with Gasteiger partial charge < -0.3 is 10.1 Å². The summed E-state index contributed by atoms with van der Waals surface area (Å²) in [7, 11) is -3.28. The highest BCUT2D eigenvalue weighted by molar-refractivity contribution is 7.90. The molecule has 0 radical (unpaired) electrons. The van der Waals surface area contributed by atoms with E-state index < -0.39 is 15.4 Å². The molecule has 7 nitrogen and oxygen atoms in total. The monoisotopic (exact) mass is 485 g/mol. The molecule has 2 heterocycles. The lowest BCUT2D eigenvalue weighted by Crippen LogP contribution is -2.46. The van der Waals surface area contributed by atoms with Gasteiger partial charge in [0.1, 0.15) is 21.3 Å². The number of amides is 2. The molecule has 1 N–H and O–H groups in total. The van der Waals surface area contributed by atoms with Gasteiger partial charge in [-0.3, -0.25) is 9.88 Å². The number of aryl methyl sites for hydroxylation is 1. The minimum absolute atomic E-state index is 0.0843. The topological polar surface area (TPSA) is 88.6 Å². The molecule has 33 heavy (non-hydrogen) atoms. The largest absolute Gasteiger partial charge is 0.456 e. The number of urea groups is 1. The zero-order valence-electron chi connectivity index (χ0n) is 18.3. The van der Waals surface area contributed by atoms with Crippen LogP contribution in [0.2, 0.25) is 5.02 Å². The van der Waals surface area contributed by atoms with Crippen molar-refractivity contribution < 1.29 is 17.9 Å². The van der Waals surface area contributed by atoms with E-state index in [1.807, 2.05) is 43.3 Å². The quantitative estimate of drug-likeness (QED) is 0.524. The molecular weight excluding hydrogens is 462 g/mol. The number of halogens is 1. The minimum atomic E-state index is -3.28. The van der Waals surface area contributed by atoms with Crippen molar-refractivity contribution in [2.75, 3.05) is 23.5 Å². The second kappa shape index (κ2) is 9.03. The number of nitrogens with zero attached hydrogens (tertiary/aromatic N) is 2. The molecule has 1 saturated heterocycles. The fraction of sp³-hybridized carbons (Fsp3) is 0.250. The predicted octanol–water partition coefficient (Wildman–Crippen LogP) is 4.70. The lowest BCUT2D eigenvalue weighted by Gasteiger charge is -2.38. The van der Waals surface area contributed by atoms with E-state index >= 15 is 0 Å². The van der Waals surface area contributed by atoms with Gasteiger partial charge in [0.2, 0.25) is 0 Å². The van der Waals surface area contributed by atoms with Gasteiger partial charge in [-0.15, -0.1) is 0 Å². The highest BCUT2D eigenvalue weighted by atomic mass is 35.5. The number of anilines is 1. The van der Waals surface area contributed by atoms with E-state index in [0.717, 1.165) is 11.3 Å². The molecule has 2 aromatic carbocycles. The van der Waals surface area contributed by atoms with Gasteiger partial charge in [0.25, 0.3) is 0 Å². The first-order valence-electron chi connectivity index (χ1n) is 10.4. The van der Waals surface area contributed by atoms with Gasteiger partial charge in [0.15, 0.2) is 0 Å². The van der Waals surface area contributed by atoms with E-state index in [0.29, 0.717) is 22.2 Å². The fourth-order valence-electron chi connectivity index (χ4n) is 3.96. The zero-order valence-corrected chi connectivity index (χ0v) is 19.9. The second-order valence-corrected chi connectivity index (χ2v) is 10.8. The van der Waals surface area contributed by atoms with Crippen molar-refractivity contribution in [3.8, 4) is 11.5 Å². The number of pyridine rings is 1. The summed E-state index contributed by atoms with van der Waals surface area (Å²) in [6.07, 6.45) is 3.05. The number of rotatable bonds is 7. The van der Waals surface area contributed by atoms with Crippen molar-refractivity contribution in [1.29, 1.82) is 0 Å². The Kier molecular flexibility index (Phi) is 6.32. The zero-order chi connectivity index (χ0) is 23.6. The van der Waals surface area contributed by atoms with Crippen molar-refractivity contribution in [3.63, 3.8) is 0 Å². The average molecular weight is 486 g/mol. The Balaban J connectivity index is 1.77. The average Bonchev–Trinajstić information content (AvgIpc) is 3.12. The third kappa shape index (κ3) is 5.12. The molecule has 172 valence electrons. The van der Waals surface area contributed by atoms with E-state index in [-0.39, 0.29) is 24.7 Å². The normalized spacial score (nSPS) is 18.3. The molecule has 1 fully saturated rings. The smallest absolute Gasteiger partial charge is 0.322 e. The Labute approximate surface area is 198 Å². The number of carbonyl (C=O) groups is 1. The van der Waals surface area contributed by atoms with Gasteiger partial charge in [-0.1, -0.05) is 23.7 Å². The summed E-state index contributed by atoms with van der Waals surface area (Å²) in [6, 6.07) is 17.6. The van der Waals surface area contributed by atoms with Crippen LogP contribution in [0.5, 0.6) is 11.5 Å². The Morgan fingerprint density at radius 1 is 1.12 bits per heavy atom. The van der Waals surface area contributed by atoms with Crippen LogP contribution in [0.25, 0.3) is 0 Å². The second-order valence-electron chi connectivity index (χ2n) is 8.15. The van der Waals surface area contributed by atoms with E-state index in [2.05, 4.69) is 10.3 Å². The van der Waals surface area contributed by atoms with Gasteiger partial charge in [-0.25, -0.2) is 13.2 Å². The Bertz CT molecular complexity index is 1260. The number of hydrogen-bond acceptors (Lipinski definition) is 5. The minimum Gasteiger partial charge on any atom is -0.456 e. The van der Waals surface area contributed by atoms with Crippen LogP contribution in [0.1, 0.15) is 17.7 Å². The summed E-state index contributed by atoms with van der Waals surface area (Å²) in [5, 5.41) is 3.44. The fourth-order valence-corrected chi connectivity index (χ4v) is 4.79. The third-order valence-corrected chi connectivity index (χ3v) is 6.82. The molecule has 1 aliphatic rings. The molecule has 1 atom stereocenters. The molecule has 0 saturated carbocycles. The van der Waals surface area contributed by atoms with Gasteiger partial charge in [0.05, 0.1) is 17.5 Å². The summed E-state index contributed by atoms with van der Waals surface area (Å²) in [4.78, 5) is 18.8. The Morgan fingerprint density at radius 2 is 1.88 bits per heavy atom. The van der Waals surface area contributed by atoms with Crippen LogP contribution < -0.4 is 15.0 Å². The summed E-state index contributed by atoms with van der Waals surface area (Å²) < 4.78 is 30.2. The van der Waals surface area contributed by atoms with Crippen LogP contribution in [0.3, 0.4) is 0 Å². The highest BCUT2D eigenvalue weighted by Gasteiger charge is 2.48. The van der Waals surface area contributed by atoms with Gasteiger partial charge in [-0.2, -0.15) is 0 Å². The van der Waals surface area contributed by atoms with Gasteiger partial charge >= 0.3 is 6.03 Å². The number of carbonyl (C=O) groups excluding carboxylic acids is 1. The van der Waals surface area contributed by atoms with E-state index in [1.54, 1.807) is 35.4 Å². The summed E-state index contributed by atoms with van der Waals surface area (Å²) in [5.41, 5.74) is 1.33. The van der Waals surface area contributed by atoms with E-state index in [4.69, 9.17) is 16.3 Å². The number of sulfone groups is 1. The SMILES string of the molecule is Cc1ccc(Oc2cccc([C@@]3(CCS(C)(=O)=O)CNC(=O)N3c3ccc(Cl)cc3)c2)cn1. The summed E-state index contributed by atoms with van der Waals surface area (Å²) >= 11 is 6.05. The molecule has 0 aliphatic carbocycles. The number of nitrogens with one attached hydrogen (secondary N) is 1. The molecule has 3 aromatic rings. The van der Waals surface area contributed by atoms with Crippen molar-refractivity contribution in [1.82, 2.24) is 10.3 Å². The lowest BCUT2D eigenvalue weighted by molar-refractivity contribution is 0.250. The maximum absolute atomic E-state index is 13.0. The number of ether oxygens (including phenoxy) is 1. The number of benzene rings is 2. The lowest BCUT2D eigenvalue weighted by atomic mass is 9.86. The molecule has 0 spiro atoms. The molecular formula is C24H24ClN3O4S. The van der Waals surface area contributed by atoms with Gasteiger partial charge in [-0.05, 0) is 67.4 Å². The van der Waals surface area contributed by atoms with Gasteiger partial charge in [0, 0.05) is 29.2 Å². The highest BCUT2D eigenvalue weighted by Crippen LogP contribution is 2.41. The van der Waals surface area contributed by atoms with E-state index in [1.165, 1.54) is 6.26 Å². The van der Waals surface area contributed by atoms with E-state index in [9.17, 15) is 13.2 Å². The van der Waals surface area contributed by atoms with Crippen LogP contribution in [0.4, 0.5) is 10.5 Å². The predicted molar refractivity (Wildman–Crippen MR) is 129 cm³/mol. The van der Waals surface area contributed by atoms with Crippen LogP contribution in [0.15, 0.2) is 66.9 Å². The molecule has 1 aliphatic heterocycles. The standard InChI is InChI=1S/C24H24ClN3O4S/c1-17-6-11-22(15-26-17)32-21-5-3-4-18(14-21)24(12-13-33(2,30)31)16-27-23(29)28(24)20-9-7-19(25)8-10-20/h3-11,14-15H,12-13,16H2,1-2H3,(H,27,29)/t24-/m1/s1. The maximum atomic E-state index is 13.0. The molecule has 1 aromatic heterocycles. The van der Waals surface area contributed by atoms with Crippen molar-refractivity contribution in [2.45, 2.75) is 18.9 Å². The van der Waals surface area contributed by atoms with Crippen LogP contribution in [-0.4, -0.2) is 38.0 Å². The summed E-state index contributed by atoms with van der Waals surface area (Å²) in [5.74, 6) is 1.06. The Morgan fingerprint density at radius 3 is 2.55 bits per heavy atom. The Hall–Kier alpha value is -3.10. The first-order valence-corrected chi connectivity index (χ1v) is 12.8. The number of aromatic nitrogens is 1. The molecule has 0 bridgehead atoms. The van der Waals surface area contributed by atoms with Crippen LogP contribution in [0, 0.1) is 6.92 Å². The molecule has 2 amide bonds.